The number of hydrogen-bond donors (Lipinski definition) is 1. The van der Waals surface area contributed by atoms with Crippen molar-refractivity contribution in [1.29, 1.82) is 0 Å². The SMILES string of the molecule is COc1ccc(CN2CCC3(CCn4c3nnc(-c3ccccc3)c4=O)C2)cc1.O=C(O)C(F)(F)F. The van der Waals surface area contributed by atoms with Gasteiger partial charge in [-0.1, -0.05) is 42.5 Å². The lowest BCUT2D eigenvalue weighted by molar-refractivity contribution is -0.192. The van der Waals surface area contributed by atoms with Gasteiger partial charge in [-0.15, -0.1) is 10.2 Å². The minimum atomic E-state index is -5.08. The van der Waals surface area contributed by atoms with Crippen LogP contribution >= 0.6 is 0 Å². The minimum absolute atomic E-state index is 0.0216. The van der Waals surface area contributed by atoms with E-state index in [4.69, 9.17) is 14.6 Å². The van der Waals surface area contributed by atoms with Crippen molar-refractivity contribution in [2.45, 2.75) is 37.5 Å². The first-order chi connectivity index (χ1) is 17.1. The summed E-state index contributed by atoms with van der Waals surface area (Å²) < 4.78 is 38.8. The number of benzene rings is 2. The molecule has 0 aliphatic carbocycles. The molecule has 1 N–H and O–H groups in total. The molecular weight excluding hydrogens is 477 g/mol. The van der Waals surface area contributed by atoms with E-state index in [0.29, 0.717) is 5.69 Å². The third-order valence-corrected chi connectivity index (χ3v) is 6.52. The summed E-state index contributed by atoms with van der Waals surface area (Å²) in [5, 5.41) is 16.0. The van der Waals surface area contributed by atoms with Crippen LogP contribution in [0.3, 0.4) is 0 Å². The summed E-state index contributed by atoms with van der Waals surface area (Å²) in [7, 11) is 1.68. The monoisotopic (exact) mass is 502 g/mol. The van der Waals surface area contributed by atoms with Crippen LogP contribution in [-0.4, -0.2) is 57.1 Å². The number of halogens is 3. The van der Waals surface area contributed by atoms with Crippen LogP contribution in [0.1, 0.15) is 24.2 Å². The Bertz CT molecular complexity index is 1280. The Morgan fingerprint density at radius 1 is 1.06 bits per heavy atom. The second-order valence-corrected chi connectivity index (χ2v) is 8.84. The molecule has 8 nitrogen and oxygen atoms in total. The van der Waals surface area contributed by atoms with Gasteiger partial charge in [-0.2, -0.15) is 13.2 Å². The molecule has 1 saturated heterocycles. The topological polar surface area (TPSA) is 97.5 Å². The minimum Gasteiger partial charge on any atom is -0.497 e. The molecule has 1 fully saturated rings. The second kappa shape index (κ2) is 10.1. The van der Waals surface area contributed by atoms with Gasteiger partial charge in [-0.3, -0.25) is 14.3 Å². The molecule has 190 valence electrons. The Labute approximate surface area is 205 Å². The fourth-order valence-corrected chi connectivity index (χ4v) is 4.70. The Kier molecular flexibility index (Phi) is 7.11. The van der Waals surface area contributed by atoms with Crippen LogP contribution in [0.25, 0.3) is 11.3 Å². The lowest BCUT2D eigenvalue weighted by atomic mass is 9.85. The van der Waals surface area contributed by atoms with Gasteiger partial charge in [0.2, 0.25) is 0 Å². The summed E-state index contributed by atoms with van der Waals surface area (Å²) in [6, 6.07) is 17.8. The second-order valence-electron chi connectivity index (χ2n) is 8.84. The molecule has 0 radical (unpaired) electrons. The van der Waals surface area contributed by atoms with E-state index in [1.54, 1.807) is 7.11 Å². The Balaban J connectivity index is 0.000000384. The summed E-state index contributed by atoms with van der Waals surface area (Å²) in [5.41, 5.74) is 2.46. The van der Waals surface area contributed by atoms with Gasteiger partial charge in [0.15, 0.2) is 5.69 Å². The van der Waals surface area contributed by atoms with Crippen molar-refractivity contribution in [3.63, 3.8) is 0 Å². The normalized spacial score (nSPS) is 19.0. The maximum atomic E-state index is 13.1. The molecule has 0 amide bonds. The fourth-order valence-electron chi connectivity index (χ4n) is 4.70. The zero-order valence-corrected chi connectivity index (χ0v) is 19.5. The van der Waals surface area contributed by atoms with Crippen molar-refractivity contribution < 1.29 is 27.8 Å². The summed E-state index contributed by atoms with van der Waals surface area (Å²) >= 11 is 0. The predicted octanol–water partition coefficient (Wildman–Crippen LogP) is 3.49. The van der Waals surface area contributed by atoms with E-state index < -0.39 is 12.1 Å². The third-order valence-electron chi connectivity index (χ3n) is 6.52. The van der Waals surface area contributed by atoms with Gasteiger partial charge >= 0.3 is 12.1 Å². The van der Waals surface area contributed by atoms with Crippen LogP contribution in [0.15, 0.2) is 59.4 Å². The van der Waals surface area contributed by atoms with Gasteiger partial charge in [-0.25, -0.2) is 4.79 Å². The number of aliphatic carboxylic acids is 1. The van der Waals surface area contributed by atoms with Crippen LogP contribution in [0.5, 0.6) is 5.75 Å². The molecule has 0 saturated carbocycles. The van der Waals surface area contributed by atoms with Gasteiger partial charge in [0, 0.05) is 30.6 Å². The molecule has 0 bridgehead atoms. The molecule has 5 rings (SSSR count). The van der Waals surface area contributed by atoms with Gasteiger partial charge in [0.05, 0.1) is 7.11 Å². The average molecular weight is 502 g/mol. The average Bonchev–Trinajstić information content (AvgIpc) is 3.44. The number of rotatable bonds is 4. The molecule has 3 heterocycles. The highest BCUT2D eigenvalue weighted by molar-refractivity contribution is 5.73. The molecule has 1 atom stereocenters. The Morgan fingerprint density at radius 3 is 2.31 bits per heavy atom. The number of methoxy groups -OCH3 is 1. The van der Waals surface area contributed by atoms with Crippen molar-refractivity contribution in [1.82, 2.24) is 19.7 Å². The number of carboxylic acid groups (broad SMARTS) is 1. The van der Waals surface area contributed by atoms with Crippen LogP contribution in [0, 0.1) is 0 Å². The van der Waals surface area contributed by atoms with E-state index in [9.17, 15) is 18.0 Å². The summed E-state index contributed by atoms with van der Waals surface area (Å²) in [6.07, 6.45) is -3.11. The third kappa shape index (κ3) is 5.25. The highest BCUT2D eigenvalue weighted by Gasteiger charge is 2.47. The number of carbonyl (C=O) groups is 1. The molecule has 1 spiro atoms. The van der Waals surface area contributed by atoms with E-state index in [-0.39, 0.29) is 11.0 Å². The summed E-state index contributed by atoms with van der Waals surface area (Å²) in [4.78, 5) is 24.4. The van der Waals surface area contributed by atoms with Crippen LogP contribution in [0.2, 0.25) is 0 Å². The number of aromatic nitrogens is 3. The molecule has 2 aliphatic rings. The number of hydrogen-bond acceptors (Lipinski definition) is 6. The number of carboxylic acids is 1. The highest BCUT2D eigenvalue weighted by Crippen LogP contribution is 2.41. The van der Waals surface area contributed by atoms with Crippen molar-refractivity contribution in [2.24, 2.45) is 0 Å². The number of alkyl halides is 3. The largest absolute Gasteiger partial charge is 0.497 e. The molecule has 11 heteroatoms. The molecule has 36 heavy (non-hydrogen) atoms. The van der Waals surface area contributed by atoms with Crippen molar-refractivity contribution >= 4 is 5.97 Å². The van der Waals surface area contributed by atoms with Crippen molar-refractivity contribution in [2.75, 3.05) is 20.2 Å². The molecular formula is C25H25F3N4O4. The zero-order chi connectivity index (χ0) is 25.9. The van der Waals surface area contributed by atoms with Crippen molar-refractivity contribution in [3.8, 4) is 17.0 Å². The first-order valence-electron chi connectivity index (χ1n) is 11.3. The molecule has 3 aromatic rings. The summed E-state index contributed by atoms with van der Waals surface area (Å²) in [6.45, 7) is 3.53. The molecule has 2 aromatic carbocycles. The maximum absolute atomic E-state index is 13.1. The molecule has 1 unspecified atom stereocenters. The Hall–Kier alpha value is -3.73. The highest BCUT2D eigenvalue weighted by atomic mass is 19.4. The molecule has 1 aromatic heterocycles. The lowest BCUT2D eigenvalue weighted by Crippen LogP contribution is -2.33. The number of likely N-dealkylation sites (tertiary alicyclic amines) is 1. The maximum Gasteiger partial charge on any atom is 0.490 e. The van der Waals surface area contributed by atoms with Gasteiger partial charge in [-0.05, 0) is 37.1 Å². The van der Waals surface area contributed by atoms with Crippen molar-refractivity contribution in [3.05, 3.63) is 76.3 Å². The number of ether oxygens (including phenoxy) is 1. The van der Waals surface area contributed by atoms with E-state index in [2.05, 4.69) is 27.2 Å². The summed E-state index contributed by atoms with van der Waals surface area (Å²) in [5.74, 6) is -1.02. The predicted molar refractivity (Wildman–Crippen MR) is 125 cm³/mol. The number of fused-ring (bicyclic) bond motifs is 2. The van der Waals surface area contributed by atoms with Gasteiger partial charge in [0.1, 0.15) is 11.6 Å². The lowest BCUT2D eigenvalue weighted by Gasteiger charge is -2.23. The van der Waals surface area contributed by atoms with Crippen LogP contribution in [0.4, 0.5) is 13.2 Å². The number of nitrogens with zero attached hydrogens (tertiary/aromatic N) is 4. The van der Waals surface area contributed by atoms with Crippen LogP contribution in [-0.2, 0) is 23.3 Å². The van der Waals surface area contributed by atoms with Gasteiger partial charge < -0.3 is 9.84 Å². The first-order valence-corrected chi connectivity index (χ1v) is 11.3. The molecule has 2 aliphatic heterocycles. The van der Waals surface area contributed by atoms with Gasteiger partial charge in [0.25, 0.3) is 5.56 Å². The first kappa shape index (κ1) is 25.4. The van der Waals surface area contributed by atoms with E-state index >= 15 is 0 Å². The standard InChI is InChI=1S/C23H24N4O2.C2HF3O2/c1-29-19-9-7-17(8-10-19)15-26-13-11-23(16-26)12-14-27-21(28)20(24-25-22(23)27)18-5-3-2-4-6-18;3-2(4,5)1(6)7/h2-10H,11-16H2,1H3;(H,6,7). The fraction of sp³-hybridized carbons (Fsp3) is 0.360. The van der Waals surface area contributed by atoms with E-state index in [1.165, 1.54) is 5.56 Å². The smallest absolute Gasteiger partial charge is 0.490 e. The van der Waals surface area contributed by atoms with E-state index in [1.807, 2.05) is 47.0 Å². The quantitative estimate of drug-likeness (QED) is 0.583. The Morgan fingerprint density at radius 2 is 1.69 bits per heavy atom. The van der Waals surface area contributed by atoms with Crippen LogP contribution < -0.4 is 10.3 Å². The van der Waals surface area contributed by atoms with E-state index in [0.717, 1.165) is 56.2 Å². The zero-order valence-electron chi connectivity index (χ0n) is 19.5.